The average Bonchev–Trinajstić information content (AvgIpc) is 1.99. The average molecular weight is 201 g/mol. The Morgan fingerprint density at radius 3 is 2.29 bits per heavy atom. The number of carboxylic acids is 1. The van der Waals surface area contributed by atoms with Crippen molar-refractivity contribution >= 4 is 5.97 Å². The third kappa shape index (κ3) is 4.09. The molecule has 0 aromatic rings. The fourth-order valence-electron chi connectivity index (χ4n) is 2.13. The summed E-state index contributed by atoms with van der Waals surface area (Å²) in [5.41, 5.74) is 5.72. The molecule has 0 aromatic heterocycles. The summed E-state index contributed by atoms with van der Waals surface area (Å²) in [6.45, 7) is 8.19. The Balaban J connectivity index is 4.56. The summed E-state index contributed by atoms with van der Waals surface area (Å²) in [7, 11) is 0. The number of aliphatic carboxylic acids is 1. The van der Waals surface area contributed by atoms with Crippen molar-refractivity contribution in [3.05, 3.63) is 0 Å². The fraction of sp³-hybridized carbons (Fsp3) is 0.909. The van der Waals surface area contributed by atoms with Gasteiger partial charge < -0.3 is 10.8 Å². The predicted molar refractivity (Wildman–Crippen MR) is 58.1 cm³/mol. The highest BCUT2D eigenvalue weighted by Gasteiger charge is 2.33. The van der Waals surface area contributed by atoms with Gasteiger partial charge in [0.1, 0.15) is 0 Å². The fourth-order valence-corrected chi connectivity index (χ4v) is 2.13. The van der Waals surface area contributed by atoms with Crippen LogP contribution in [-0.4, -0.2) is 17.1 Å². The normalized spacial score (nSPS) is 17.9. The van der Waals surface area contributed by atoms with Crippen LogP contribution in [0.1, 0.15) is 47.0 Å². The molecule has 2 unspecified atom stereocenters. The minimum atomic E-state index is -0.753. The lowest BCUT2D eigenvalue weighted by Gasteiger charge is -2.35. The van der Waals surface area contributed by atoms with Gasteiger partial charge in [-0.3, -0.25) is 4.79 Å². The van der Waals surface area contributed by atoms with Crippen molar-refractivity contribution in [3.8, 4) is 0 Å². The van der Waals surface area contributed by atoms with Crippen LogP contribution in [0.15, 0.2) is 0 Å². The smallest absolute Gasteiger partial charge is 0.303 e. The van der Waals surface area contributed by atoms with E-state index in [0.717, 1.165) is 12.8 Å². The first-order valence-electron chi connectivity index (χ1n) is 5.29. The molecule has 0 radical (unpaired) electrons. The molecule has 3 N–H and O–H groups in total. The van der Waals surface area contributed by atoms with Crippen molar-refractivity contribution in [2.24, 2.45) is 17.1 Å². The van der Waals surface area contributed by atoms with E-state index in [0.29, 0.717) is 5.92 Å². The second-order valence-corrected chi connectivity index (χ2v) is 4.84. The first-order valence-corrected chi connectivity index (χ1v) is 5.29. The van der Waals surface area contributed by atoms with Gasteiger partial charge in [-0.15, -0.1) is 0 Å². The zero-order valence-corrected chi connectivity index (χ0v) is 9.71. The van der Waals surface area contributed by atoms with E-state index in [1.54, 1.807) is 0 Å². The summed E-state index contributed by atoms with van der Waals surface area (Å²) in [6.07, 6.45) is 1.87. The summed E-state index contributed by atoms with van der Waals surface area (Å²) in [5, 5.41) is 8.85. The van der Waals surface area contributed by atoms with Crippen molar-refractivity contribution in [3.63, 3.8) is 0 Å². The van der Waals surface area contributed by atoms with Gasteiger partial charge in [0.15, 0.2) is 0 Å². The van der Waals surface area contributed by atoms with Gasteiger partial charge in [0.2, 0.25) is 0 Å². The first kappa shape index (κ1) is 13.4. The van der Waals surface area contributed by atoms with Crippen LogP contribution in [-0.2, 0) is 4.79 Å². The van der Waals surface area contributed by atoms with E-state index in [2.05, 4.69) is 13.8 Å². The Morgan fingerprint density at radius 2 is 2.00 bits per heavy atom. The van der Waals surface area contributed by atoms with Crippen LogP contribution in [0.2, 0.25) is 0 Å². The number of rotatable bonds is 6. The Morgan fingerprint density at radius 1 is 1.50 bits per heavy atom. The molecule has 0 heterocycles. The maximum Gasteiger partial charge on any atom is 0.303 e. The highest BCUT2D eigenvalue weighted by atomic mass is 16.4. The number of hydrogen-bond donors (Lipinski definition) is 2. The largest absolute Gasteiger partial charge is 0.481 e. The van der Waals surface area contributed by atoms with Crippen molar-refractivity contribution < 1.29 is 9.90 Å². The molecule has 0 bridgehead atoms. The van der Waals surface area contributed by atoms with Gasteiger partial charge >= 0.3 is 5.97 Å². The Bertz CT molecular complexity index is 192. The maximum absolute atomic E-state index is 10.8. The number of carboxylic acid groups (broad SMARTS) is 1. The molecule has 0 aromatic carbocycles. The summed E-state index contributed by atoms with van der Waals surface area (Å²) in [6, 6.07) is -0.0269. The molecule has 0 aliphatic heterocycles. The molecule has 0 saturated heterocycles. The molecule has 0 saturated carbocycles. The van der Waals surface area contributed by atoms with Gasteiger partial charge in [0.25, 0.3) is 0 Å². The zero-order valence-electron chi connectivity index (χ0n) is 9.71. The highest BCUT2D eigenvalue weighted by Crippen LogP contribution is 2.34. The molecule has 14 heavy (non-hydrogen) atoms. The minimum absolute atomic E-state index is 0.0269. The van der Waals surface area contributed by atoms with Crippen LogP contribution in [0.5, 0.6) is 0 Å². The van der Waals surface area contributed by atoms with Crippen molar-refractivity contribution in [2.45, 2.75) is 53.0 Å². The number of nitrogens with two attached hydrogens (primary N) is 1. The zero-order chi connectivity index (χ0) is 11.4. The van der Waals surface area contributed by atoms with Gasteiger partial charge in [-0.05, 0) is 24.2 Å². The monoisotopic (exact) mass is 201 g/mol. The molecule has 0 amide bonds. The van der Waals surface area contributed by atoms with Crippen LogP contribution >= 0.6 is 0 Å². The lowest BCUT2D eigenvalue weighted by Crippen LogP contribution is -2.41. The SMILES string of the molecule is CCC(N)C(C)(CC(=O)O)CC(C)C. The summed E-state index contributed by atoms with van der Waals surface area (Å²) in [5.74, 6) is -0.269. The lowest BCUT2D eigenvalue weighted by atomic mass is 9.73. The molecule has 2 atom stereocenters. The van der Waals surface area contributed by atoms with Gasteiger partial charge in [-0.2, -0.15) is 0 Å². The Kier molecular flexibility index (Phi) is 5.13. The van der Waals surface area contributed by atoms with E-state index in [1.165, 1.54) is 0 Å². The number of hydrogen-bond acceptors (Lipinski definition) is 2. The van der Waals surface area contributed by atoms with E-state index < -0.39 is 5.97 Å². The summed E-state index contributed by atoms with van der Waals surface area (Å²) >= 11 is 0. The second kappa shape index (κ2) is 5.35. The summed E-state index contributed by atoms with van der Waals surface area (Å²) < 4.78 is 0. The van der Waals surface area contributed by atoms with Crippen molar-refractivity contribution in [1.29, 1.82) is 0 Å². The molecule has 84 valence electrons. The topological polar surface area (TPSA) is 63.3 Å². The van der Waals surface area contributed by atoms with E-state index in [1.807, 2.05) is 13.8 Å². The Hall–Kier alpha value is -0.570. The van der Waals surface area contributed by atoms with Gasteiger partial charge in [0.05, 0.1) is 6.42 Å². The Labute approximate surface area is 86.7 Å². The third-order valence-corrected chi connectivity index (χ3v) is 2.76. The molecular weight excluding hydrogens is 178 g/mol. The first-order chi connectivity index (χ1) is 6.31. The van der Waals surface area contributed by atoms with E-state index >= 15 is 0 Å². The van der Waals surface area contributed by atoms with Crippen LogP contribution in [0.25, 0.3) is 0 Å². The predicted octanol–water partition coefficient (Wildman–Crippen LogP) is 2.25. The molecular formula is C11H23NO2. The molecule has 0 rings (SSSR count). The van der Waals surface area contributed by atoms with Crippen LogP contribution in [0, 0.1) is 11.3 Å². The molecule has 0 aliphatic rings. The minimum Gasteiger partial charge on any atom is -0.481 e. The highest BCUT2D eigenvalue weighted by molar-refractivity contribution is 5.67. The molecule has 3 nitrogen and oxygen atoms in total. The molecule has 0 fully saturated rings. The molecule has 3 heteroatoms. The summed E-state index contributed by atoms with van der Waals surface area (Å²) in [4.78, 5) is 10.8. The van der Waals surface area contributed by atoms with Gasteiger partial charge in [-0.25, -0.2) is 0 Å². The van der Waals surface area contributed by atoms with Crippen molar-refractivity contribution in [2.75, 3.05) is 0 Å². The standard InChI is InChI=1S/C11H23NO2/c1-5-9(12)11(4,6-8(2)3)7-10(13)14/h8-9H,5-7,12H2,1-4H3,(H,13,14). The quantitative estimate of drug-likeness (QED) is 0.692. The van der Waals surface area contributed by atoms with Crippen LogP contribution in [0.3, 0.4) is 0 Å². The second-order valence-electron chi connectivity index (χ2n) is 4.84. The van der Waals surface area contributed by atoms with Gasteiger partial charge in [0, 0.05) is 6.04 Å². The van der Waals surface area contributed by atoms with Gasteiger partial charge in [-0.1, -0.05) is 27.7 Å². The van der Waals surface area contributed by atoms with E-state index in [-0.39, 0.29) is 17.9 Å². The third-order valence-electron chi connectivity index (χ3n) is 2.76. The maximum atomic E-state index is 10.8. The van der Waals surface area contributed by atoms with Crippen LogP contribution in [0.4, 0.5) is 0 Å². The van der Waals surface area contributed by atoms with Crippen molar-refractivity contribution in [1.82, 2.24) is 0 Å². The molecule has 0 spiro atoms. The van der Waals surface area contributed by atoms with E-state index in [9.17, 15) is 4.79 Å². The van der Waals surface area contributed by atoms with Crippen LogP contribution < -0.4 is 5.73 Å². The van der Waals surface area contributed by atoms with E-state index in [4.69, 9.17) is 10.8 Å². The lowest BCUT2D eigenvalue weighted by molar-refractivity contribution is -0.140. The molecule has 0 aliphatic carbocycles. The number of carbonyl (C=O) groups is 1.